The summed E-state index contributed by atoms with van der Waals surface area (Å²) in [5.74, 6) is 0.325. The number of amides is 2. The van der Waals surface area contributed by atoms with Gasteiger partial charge in [0.15, 0.2) is 0 Å². The van der Waals surface area contributed by atoms with Crippen LogP contribution in [0.3, 0.4) is 0 Å². The average Bonchev–Trinajstić information content (AvgIpc) is 2.77. The molecule has 3 rings (SSSR count). The average molecular weight is 346 g/mol. The number of benzene rings is 1. The van der Waals surface area contributed by atoms with Crippen molar-refractivity contribution in [1.82, 2.24) is 10.4 Å². The summed E-state index contributed by atoms with van der Waals surface area (Å²) in [6.07, 6.45) is 5.40. The molecule has 6 heteroatoms. The zero-order valence-corrected chi connectivity index (χ0v) is 14.9. The molecule has 1 aromatic rings. The molecule has 136 valence electrons. The van der Waals surface area contributed by atoms with E-state index in [1.165, 1.54) is 6.42 Å². The molecule has 0 radical (unpaired) electrons. The van der Waals surface area contributed by atoms with Crippen molar-refractivity contribution >= 4 is 11.8 Å². The number of nitrogens with zero attached hydrogens (tertiary/aromatic N) is 1. The molecule has 1 saturated carbocycles. The lowest BCUT2D eigenvalue weighted by Gasteiger charge is -2.39. The van der Waals surface area contributed by atoms with E-state index in [4.69, 9.17) is 9.94 Å². The molecule has 2 N–H and O–H groups in total. The second kappa shape index (κ2) is 7.04. The smallest absolute Gasteiger partial charge is 0.274 e. The van der Waals surface area contributed by atoms with Crippen LogP contribution >= 0.6 is 0 Å². The van der Waals surface area contributed by atoms with Crippen molar-refractivity contribution in [3.05, 3.63) is 29.3 Å². The van der Waals surface area contributed by atoms with E-state index in [2.05, 4.69) is 0 Å². The van der Waals surface area contributed by atoms with E-state index in [1.54, 1.807) is 23.7 Å². The summed E-state index contributed by atoms with van der Waals surface area (Å²) in [7, 11) is 0. The first-order chi connectivity index (χ1) is 11.9. The fourth-order valence-corrected chi connectivity index (χ4v) is 3.69. The summed E-state index contributed by atoms with van der Waals surface area (Å²) in [6, 6.07) is 5.04. The maximum Gasteiger partial charge on any atom is 0.274 e. The summed E-state index contributed by atoms with van der Waals surface area (Å²) < 4.78 is 5.91. The third kappa shape index (κ3) is 3.63. The molecule has 1 aliphatic heterocycles. The van der Waals surface area contributed by atoms with Crippen molar-refractivity contribution in [2.45, 2.75) is 58.0 Å². The van der Waals surface area contributed by atoms with Crippen LogP contribution in [-0.2, 0) is 11.3 Å². The predicted octanol–water partition coefficient (Wildman–Crippen LogP) is 2.89. The van der Waals surface area contributed by atoms with Crippen molar-refractivity contribution in [3.8, 4) is 5.75 Å². The fourth-order valence-electron chi connectivity index (χ4n) is 3.69. The van der Waals surface area contributed by atoms with E-state index in [-0.39, 0.29) is 11.8 Å². The minimum Gasteiger partial charge on any atom is -0.491 e. The van der Waals surface area contributed by atoms with Crippen LogP contribution in [0.4, 0.5) is 0 Å². The molecule has 0 atom stereocenters. The number of ether oxygens (including phenoxy) is 1. The van der Waals surface area contributed by atoms with Gasteiger partial charge >= 0.3 is 0 Å². The minimum atomic E-state index is -0.579. The molecule has 2 amide bonds. The zero-order valence-electron chi connectivity index (χ0n) is 14.9. The third-order valence-corrected chi connectivity index (χ3v) is 5.29. The molecular weight excluding hydrogens is 320 g/mol. The number of carbonyl (C=O) groups excluding carboxylic acids is 2. The molecule has 0 spiro atoms. The normalized spacial score (nSPS) is 20.2. The van der Waals surface area contributed by atoms with Gasteiger partial charge in [-0.2, -0.15) is 0 Å². The van der Waals surface area contributed by atoms with Crippen LogP contribution in [0.5, 0.6) is 5.75 Å². The molecule has 1 aliphatic carbocycles. The lowest BCUT2D eigenvalue weighted by Crippen LogP contribution is -2.51. The molecule has 1 heterocycles. The summed E-state index contributed by atoms with van der Waals surface area (Å²) in [5.41, 5.74) is 2.41. The van der Waals surface area contributed by atoms with E-state index in [0.29, 0.717) is 24.5 Å². The van der Waals surface area contributed by atoms with E-state index in [9.17, 15) is 9.59 Å². The molecule has 0 bridgehead atoms. The fraction of sp³-hybridized carbons (Fsp3) is 0.579. The van der Waals surface area contributed by atoms with Crippen LogP contribution in [-0.4, -0.2) is 34.1 Å². The molecule has 25 heavy (non-hydrogen) atoms. The standard InChI is InChI=1S/C19H26N2O4/c1-19(2)12-25-16-10-14(17(22)20-24)8-9-15(16)11-21(19)18(23)13-6-4-3-5-7-13/h8-10,13,24H,3-7,11-12H2,1-2H3,(H,20,22). The molecule has 6 nitrogen and oxygen atoms in total. The van der Waals surface area contributed by atoms with E-state index in [0.717, 1.165) is 31.2 Å². The summed E-state index contributed by atoms with van der Waals surface area (Å²) in [4.78, 5) is 26.7. The van der Waals surface area contributed by atoms with Gasteiger partial charge in [0, 0.05) is 23.6 Å². The van der Waals surface area contributed by atoms with Gasteiger partial charge in [0.05, 0.1) is 5.54 Å². The zero-order chi connectivity index (χ0) is 18.0. The van der Waals surface area contributed by atoms with Crippen molar-refractivity contribution < 1.29 is 19.5 Å². The summed E-state index contributed by atoms with van der Waals surface area (Å²) >= 11 is 0. The van der Waals surface area contributed by atoms with Gasteiger partial charge in [-0.05, 0) is 38.8 Å². The summed E-state index contributed by atoms with van der Waals surface area (Å²) in [5, 5.41) is 8.80. The number of rotatable bonds is 2. The number of hydrogen-bond donors (Lipinski definition) is 2. The van der Waals surface area contributed by atoms with E-state index < -0.39 is 11.4 Å². The van der Waals surface area contributed by atoms with Crippen molar-refractivity contribution in [3.63, 3.8) is 0 Å². The highest BCUT2D eigenvalue weighted by Crippen LogP contribution is 2.34. The van der Waals surface area contributed by atoms with Crippen LogP contribution in [0.15, 0.2) is 18.2 Å². The molecule has 2 aliphatic rings. The molecular formula is C19H26N2O4. The lowest BCUT2D eigenvalue weighted by atomic mass is 9.87. The Kier molecular flexibility index (Phi) is 4.99. The van der Waals surface area contributed by atoms with Gasteiger partial charge in [-0.3, -0.25) is 14.8 Å². The first kappa shape index (κ1) is 17.7. The van der Waals surface area contributed by atoms with Gasteiger partial charge in [-0.1, -0.05) is 25.3 Å². The van der Waals surface area contributed by atoms with Gasteiger partial charge < -0.3 is 9.64 Å². The molecule has 1 fully saturated rings. The Balaban J connectivity index is 1.87. The van der Waals surface area contributed by atoms with E-state index in [1.807, 2.05) is 18.7 Å². The van der Waals surface area contributed by atoms with Crippen LogP contribution < -0.4 is 10.2 Å². The van der Waals surface area contributed by atoms with Crippen LogP contribution in [0.2, 0.25) is 0 Å². The van der Waals surface area contributed by atoms with Crippen LogP contribution in [0, 0.1) is 5.92 Å². The highest BCUT2D eigenvalue weighted by atomic mass is 16.5. The second-order valence-corrected chi connectivity index (χ2v) is 7.62. The lowest BCUT2D eigenvalue weighted by molar-refractivity contribution is -0.143. The quantitative estimate of drug-likeness (QED) is 0.637. The van der Waals surface area contributed by atoms with Gasteiger partial charge in [-0.15, -0.1) is 0 Å². The summed E-state index contributed by atoms with van der Waals surface area (Å²) in [6.45, 7) is 4.86. The number of hydrogen-bond acceptors (Lipinski definition) is 4. The largest absolute Gasteiger partial charge is 0.491 e. The Morgan fingerprint density at radius 1 is 1.24 bits per heavy atom. The number of hydroxylamine groups is 1. The first-order valence-corrected chi connectivity index (χ1v) is 8.94. The Labute approximate surface area is 148 Å². The van der Waals surface area contributed by atoms with Gasteiger partial charge in [0.2, 0.25) is 5.91 Å². The van der Waals surface area contributed by atoms with E-state index >= 15 is 0 Å². The molecule has 0 unspecified atom stereocenters. The SMILES string of the molecule is CC1(C)COc2cc(C(=O)NO)ccc2CN1C(=O)C1CCCCC1. The highest BCUT2D eigenvalue weighted by Gasteiger charge is 2.38. The molecule has 0 saturated heterocycles. The Morgan fingerprint density at radius 2 is 1.96 bits per heavy atom. The second-order valence-electron chi connectivity index (χ2n) is 7.62. The number of carbonyl (C=O) groups is 2. The predicted molar refractivity (Wildman–Crippen MR) is 92.4 cm³/mol. The Bertz CT molecular complexity index is 665. The van der Waals surface area contributed by atoms with Gasteiger partial charge in [0.25, 0.3) is 5.91 Å². The van der Waals surface area contributed by atoms with Crippen LogP contribution in [0.25, 0.3) is 0 Å². The Hall–Kier alpha value is -2.08. The third-order valence-electron chi connectivity index (χ3n) is 5.29. The monoisotopic (exact) mass is 346 g/mol. The Morgan fingerprint density at radius 3 is 2.64 bits per heavy atom. The highest BCUT2D eigenvalue weighted by molar-refractivity contribution is 5.93. The molecule has 0 aromatic heterocycles. The van der Waals surface area contributed by atoms with Crippen molar-refractivity contribution in [2.75, 3.05) is 6.61 Å². The first-order valence-electron chi connectivity index (χ1n) is 8.94. The maximum absolute atomic E-state index is 13.1. The van der Waals surface area contributed by atoms with Gasteiger partial charge in [-0.25, -0.2) is 5.48 Å². The van der Waals surface area contributed by atoms with Crippen molar-refractivity contribution in [2.24, 2.45) is 5.92 Å². The molecule has 1 aromatic carbocycles. The van der Waals surface area contributed by atoms with Crippen molar-refractivity contribution in [1.29, 1.82) is 0 Å². The number of nitrogens with one attached hydrogen (secondary N) is 1. The number of fused-ring (bicyclic) bond motifs is 1. The topological polar surface area (TPSA) is 78.9 Å². The maximum atomic E-state index is 13.1. The minimum absolute atomic E-state index is 0.106. The van der Waals surface area contributed by atoms with Gasteiger partial charge in [0.1, 0.15) is 12.4 Å². The van der Waals surface area contributed by atoms with Crippen LogP contribution in [0.1, 0.15) is 61.9 Å².